The summed E-state index contributed by atoms with van der Waals surface area (Å²) < 4.78 is 20.0. The van der Waals surface area contributed by atoms with Gasteiger partial charge < -0.3 is 0 Å². The zero-order valence-electron chi connectivity index (χ0n) is 29.4. The van der Waals surface area contributed by atoms with Gasteiger partial charge in [0.2, 0.25) is 0 Å². The van der Waals surface area contributed by atoms with E-state index in [1.165, 1.54) is 16.7 Å². The second-order valence-corrected chi connectivity index (χ2v) is 16.8. The molecule has 242 valence electrons. The summed E-state index contributed by atoms with van der Waals surface area (Å²) in [5.74, 6) is 0. The second kappa shape index (κ2) is 12.5. The Labute approximate surface area is 283 Å². The molecule has 1 unspecified atom stereocenters. The van der Waals surface area contributed by atoms with Crippen molar-refractivity contribution in [2.75, 3.05) is 9.34 Å². The molecule has 0 aromatic heterocycles. The van der Waals surface area contributed by atoms with Crippen LogP contribution in [0.1, 0.15) is 92.6 Å². The molecule has 6 rings (SSSR count). The Kier molecular flexibility index (Phi) is 8.75. The van der Waals surface area contributed by atoms with Crippen molar-refractivity contribution < 1.29 is 4.57 Å². The molecule has 4 heteroatoms. The molecule has 3 nitrogen and oxygen atoms in total. The number of anilines is 2. The maximum atomic E-state index is 15.5. The summed E-state index contributed by atoms with van der Waals surface area (Å²) in [5, 5.41) is 0. The first-order valence-electron chi connectivity index (χ1n) is 16.8. The van der Waals surface area contributed by atoms with Gasteiger partial charge in [0.05, 0.1) is 23.5 Å². The Morgan fingerprint density at radius 3 is 1.49 bits per heavy atom. The molecule has 1 saturated heterocycles. The molecule has 1 fully saturated rings. The van der Waals surface area contributed by atoms with Gasteiger partial charge in [0.25, 0.3) is 8.10 Å². The predicted molar refractivity (Wildman–Crippen MR) is 202 cm³/mol. The third kappa shape index (κ3) is 6.31. The maximum Gasteiger partial charge on any atom is 0.252 e. The zero-order valence-corrected chi connectivity index (χ0v) is 30.4. The van der Waals surface area contributed by atoms with Crippen LogP contribution in [0.4, 0.5) is 11.4 Å². The van der Waals surface area contributed by atoms with Crippen LogP contribution in [0.2, 0.25) is 0 Å². The van der Waals surface area contributed by atoms with Crippen molar-refractivity contribution in [2.24, 2.45) is 0 Å². The van der Waals surface area contributed by atoms with Crippen LogP contribution in [0.15, 0.2) is 115 Å². The Balaban J connectivity index is 1.65. The maximum absolute atomic E-state index is 15.5. The Morgan fingerprint density at radius 1 is 0.553 bits per heavy atom. The van der Waals surface area contributed by atoms with E-state index < -0.39 is 8.10 Å². The molecule has 5 aromatic rings. The molecule has 3 atom stereocenters. The fraction of sp³-hybridized carbons (Fsp3) is 0.302. The Morgan fingerprint density at radius 2 is 1.00 bits per heavy atom. The van der Waals surface area contributed by atoms with E-state index >= 15 is 4.57 Å². The molecule has 0 radical (unpaired) electrons. The monoisotopic (exact) mass is 640 g/mol. The van der Waals surface area contributed by atoms with Crippen LogP contribution < -0.4 is 9.34 Å². The molecule has 1 aliphatic rings. The molecular formula is C43H49N2OP. The third-order valence-corrected chi connectivity index (χ3v) is 11.4. The van der Waals surface area contributed by atoms with E-state index in [2.05, 4.69) is 187 Å². The summed E-state index contributed by atoms with van der Waals surface area (Å²) in [5.41, 5.74) is 12.7. The van der Waals surface area contributed by atoms with Crippen LogP contribution in [0, 0.1) is 20.8 Å². The summed E-state index contributed by atoms with van der Waals surface area (Å²) in [6.45, 7) is 20.1. The van der Waals surface area contributed by atoms with Crippen LogP contribution in [-0.4, -0.2) is 0 Å². The summed E-state index contributed by atoms with van der Waals surface area (Å²) >= 11 is 0. The first-order valence-corrected chi connectivity index (χ1v) is 18.1. The molecule has 0 aliphatic carbocycles. The lowest BCUT2D eigenvalue weighted by atomic mass is 9.78. The van der Waals surface area contributed by atoms with Gasteiger partial charge in [0.15, 0.2) is 0 Å². The van der Waals surface area contributed by atoms with E-state index in [-0.39, 0.29) is 22.9 Å². The summed E-state index contributed by atoms with van der Waals surface area (Å²) in [4.78, 5) is 0. The van der Waals surface area contributed by atoms with E-state index in [1.807, 2.05) is 0 Å². The van der Waals surface area contributed by atoms with Crippen LogP contribution in [0.5, 0.6) is 0 Å². The summed E-state index contributed by atoms with van der Waals surface area (Å²) in [6.07, 6.45) is 0. The number of rotatable bonds is 5. The quantitative estimate of drug-likeness (QED) is 0.179. The minimum Gasteiger partial charge on any atom is -0.298 e. The third-order valence-electron chi connectivity index (χ3n) is 9.57. The highest BCUT2D eigenvalue weighted by molar-refractivity contribution is 7.49. The average molecular weight is 641 g/mol. The minimum atomic E-state index is -2.57. The highest BCUT2D eigenvalue weighted by Crippen LogP contribution is 2.63. The van der Waals surface area contributed by atoms with Gasteiger partial charge in [-0.1, -0.05) is 156 Å². The molecule has 1 heterocycles. The van der Waals surface area contributed by atoms with Crippen LogP contribution in [0.3, 0.4) is 0 Å². The van der Waals surface area contributed by atoms with Gasteiger partial charge in [-0.15, -0.1) is 0 Å². The van der Waals surface area contributed by atoms with E-state index in [0.29, 0.717) is 0 Å². The normalized spacial score (nSPS) is 18.5. The number of benzene rings is 5. The van der Waals surface area contributed by atoms with Gasteiger partial charge in [-0.2, -0.15) is 0 Å². The first-order chi connectivity index (χ1) is 22.3. The molecule has 0 saturated carbocycles. The van der Waals surface area contributed by atoms with Crippen molar-refractivity contribution in [1.29, 1.82) is 0 Å². The number of para-hydroxylation sites is 1. The smallest absolute Gasteiger partial charge is 0.252 e. The van der Waals surface area contributed by atoms with Gasteiger partial charge in [-0.3, -0.25) is 13.9 Å². The van der Waals surface area contributed by atoms with Crippen molar-refractivity contribution in [3.63, 3.8) is 0 Å². The highest BCUT2D eigenvalue weighted by atomic mass is 31.1. The molecular weight excluding hydrogens is 591 g/mol. The molecule has 47 heavy (non-hydrogen) atoms. The van der Waals surface area contributed by atoms with E-state index in [9.17, 15) is 0 Å². The largest absolute Gasteiger partial charge is 0.298 e. The van der Waals surface area contributed by atoms with Crippen LogP contribution in [0.25, 0.3) is 11.1 Å². The molecule has 0 bridgehead atoms. The number of nitrogens with zero attached hydrogens (tertiary/aromatic N) is 2. The van der Waals surface area contributed by atoms with Crippen molar-refractivity contribution in [1.82, 2.24) is 0 Å². The van der Waals surface area contributed by atoms with Gasteiger partial charge in [0.1, 0.15) is 0 Å². The standard InChI is InChI=1S/C43H49N2OP/c1-29-24-30(2)39(31(3)25-29)45-41(33-20-14-11-15-21-33)40(32-18-12-10-13-19-32)44(47(45)46)38-23-17-16-22-37(38)34-26-35(42(4,5)6)28-36(27-34)43(7,8)9/h10-28,40-41,47H,1-9H3/t40-,41-/m0/s1. The Hall–Kier alpha value is -4.07. The van der Waals surface area contributed by atoms with Gasteiger partial charge in [-0.25, -0.2) is 0 Å². The van der Waals surface area contributed by atoms with Crippen LogP contribution in [-0.2, 0) is 15.4 Å². The van der Waals surface area contributed by atoms with Crippen LogP contribution >= 0.6 is 8.10 Å². The lowest BCUT2D eigenvalue weighted by Crippen LogP contribution is -2.24. The summed E-state index contributed by atoms with van der Waals surface area (Å²) in [7, 11) is -2.57. The average Bonchev–Trinajstić information content (AvgIpc) is 3.32. The van der Waals surface area contributed by atoms with E-state index in [1.54, 1.807) is 0 Å². The first kappa shape index (κ1) is 32.9. The molecule has 0 N–H and O–H groups in total. The second-order valence-electron chi connectivity index (χ2n) is 15.3. The van der Waals surface area contributed by atoms with Crippen molar-refractivity contribution >= 4 is 19.5 Å². The molecule has 0 spiro atoms. The fourth-order valence-electron chi connectivity index (χ4n) is 7.22. The van der Waals surface area contributed by atoms with Gasteiger partial charge in [0, 0.05) is 5.56 Å². The highest BCUT2D eigenvalue weighted by Gasteiger charge is 2.48. The minimum absolute atomic E-state index is 0.0195. The van der Waals surface area contributed by atoms with Crippen molar-refractivity contribution in [3.8, 4) is 11.1 Å². The molecule has 5 aromatic carbocycles. The van der Waals surface area contributed by atoms with E-state index in [0.717, 1.165) is 44.8 Å². The number of aryl methyl sites for hydroxylation is 3. The predicted octanol–water partition coefficient (Wildman–Crippen LogP) is 12.1. The topological polar surface area (TPSA) is 23.6 Å². The summed E-state index contributed by atoms with van der Waals surface area (Å²) in [6, 6.07) is 41.1. The molecule has 1 aliphatic heterocycles. The molecule has 0 amide bonds. The fourth-order valence-corrected chi connectivity index (χ4v) is 9.45. The van der Waals surface area contributed by atoms with Gasteiger partial charge >= 0.3 is 0 Å². The lowest BCUT2D eigenvalue weighted by molar-refractivity contribution is 0.569. The lowest BCUT2D eigenvalue weighted by Gasteiger charge is -2.31. The SMILES string of the molecule is Cc1cc(C)c(N2[C@@H](c3ccccc3)[C@H](c3ccccc3)N(c3ccccc3-c3cc(C(C)(C)C)cc(C(C)(C)C)c3)[PH]2=O)c(C)c1. The zero-order chi connectivity index (χ0) is 33.7. The van der Waals surface area contributed by atoms with Gasteiger partial charge in [-0.05, 0) is 76.6 Å². The number of hydrogen-bond donors (Lipinski definition) is 0. The van der Waals surface area contributed by atoms with Crippen molar-refractivity contribution in [2.45, 2.75) is 85.2 Å². The van der Waals surface area contributed by atoms with E-state index in [4.69, 9.17) is 0 Å². The number of hydrogen-bond acceptors (Lipinski definition) is 1. The van der Waals surface area contributed by atoms with Crippen molar-refractivity contribution in [3.05, 3.63) is 154 Å². The Bertz CT molecular complexity index is 1860.